The van der Waals surface area contributed by atoms with Crippen molar-refractivity contribution in [3.8, 4) is 5.75 Å². The van der Waals surface area contributed by atoms with Gasteiger partial charge in [0.25, 0.3) is 0 Å². The van der Waals surface area contributed by atoms with Gasteiger partial charge in [0.2, 0.25) is 0 Å². The number of hydrogen-bond donors (Lipinski definition) is 0. The van der Waals surface area contributed by atoms with Gasteiger partial charge in [-0.15, -0.1) is 0 Å². The summed E-state index contributed by atoms with van der Waals surface area (Å²) in [4.78, 5) is 0. The number of benzene rings is 2. The van der Waals surface area contributed by atoms with E-state index in [0.29, 0.717) is 19.8 Å². The molecule has 2 aliphatic rings. The van der Waals surface area contributed by atoms with Crippen LogP contribution in [0.25, 0.3) is 5.57 Å². The van der Waals surface area contributed by atoms with Crippen molar-refractivity contribution in [2.45, 2.75) is 96.4 Å². The third kappa shape index (κ3) is 6.31. The molecule has 0 aromatic heterocycles. The largest absolute Gasteiger partial charge is 0.488 e. The van der Waals surface area contributed by atoms with E-state index >= 15 is 0 Å². The highest BCUT2D eigenvalue weighted by Crippen LogP contribution is 2.42. The summed E-state index contributed by atoms with van der Waals surface area (Å²) < 4.78 is 18.8. The van der Waals surface area contributed by atoms with Crippen LogP contribution in [0.3, 0.4) is 0 Å². The van der Waals surface area contributed by atoms with E-state index in [-0.39, 0.29) is 5.41 Å². The van der Waals surface area contributed by atoms with E-state index < -0.39 is 5.79 Å². The van der Waals surface area contributed by atoms with E-state index in [9.17, 15) is 0 Å². The molecule has 1 aliphatic heterocycles. The van der Waals surface area contributed by atoms with Gasteiger partial charge in [-0.25, -0.2) is 0 Å². The Morgan fingerprint density at radius 2 is 1.76 bits per heavy atom. The molecule has 0 bridgehead atoms. The van der Waals surface area contributed by atoms with Gasteiger partial charge < -0.3 is 14.2 Å². The fourth-order valence-corrected chi connectivity index (χ4v) is 5.25. The van der Waals surface area contributed by atoms with E-state index in [2.05, 4.69) is 69.3 Å². The van der Waals surface area contributed by atoms with E-state index in [4.69, 9.17) is 14.2 Å². The summed E-state index contributed by atoms with van der Waals surface area (Å²) >= 11 is 0. The first-order valence-electron chi connectivity index (χ1n) is 13.3. The minimum Gasteiger partial charge on any atom is -0.488 e. The molecule has 2 aromatic rings. The Hall–Kier alpha value is -2.10. The lowest BCUT2D eigenvalue weighted by atomic mass is 9.79. The van der Waals surface area contributed by atoms with Gasteiger partial charge in [0.05, 0.1) is 13.2 Å². The minimum absolute atomic E-state index is 0.119. The molecule has 1 spiro atoms. The third-order valence-electron chi connectivity index (χ3n) is 7.43. The molecule has 0 unspecified atom stereocenters. The highest BCUT2D eigenvalue weighted by atomic mass is 16.7. The first kappa shape index (κ1) is 25.0. The van der Waals surface area contributed by atoms with Crippen LogP contribution in [0.4, 0.5) is 0 Å². The maximum Gasteiger partial charge on any atom is 0.172 e. The Balaban J connectivity index is 1.61. The average molecular weight is 463 g/mol. The van der Waals surface area contributed by atoms with Crippen LogP contribution in [0.5, 0.6) is 5.75 Å². The number of allylic oxidation sites excluding steroid dienone is 1. The van der Waals surface area contributed by atoms with Crippen LogP contribution >= 0.6 is 0 Å². The second kappa shape index (κ2) is 11.6. The van der Waals surface area contributed by atoms with Gasteiger partial charge in [0, 0.05) is 18.4 Å². The quantitative estimate of drug-likeness (QED) is 0.333. The zero-order valence-corrected chi connectivity index (χ0v) is 21.4. The summed E-state index contributed by atoms with van der Waals surface area (Å²) in [6.45, 7) is 8.96. The number of hydrogen-bond acceptors (Lipinski definition) is 3. The molecular weight excluding hydrogens is 420 g/mol. The van der Waals surface area contributed by atoms with Gasteiger partial charge in [-0.3, -0.25) is 0 Å². The molecule has 0 saturated carbocycles. The van der Waals surface area contributed by atoms with Gasteiger partial charge >= 0.3 is 0 Å². The number of rotatable bonds is 10. The molecule has 0 atom stereocenters. The maximum absolute atomic E-state index is 6.52. The second-order valence-electron chi connectivity index (χ2n) is 10.6. The highest BCUT2D eigenvalue weighted by molar-refractivity contribution is 5.72. The number of ether oxygens (including phenoxy) is 3. The Kier molecular flexibility index (Phi) is 8.50. The topological polar surface area (TPSA) is 27.7 Å². The van der Waals surface area contributed by atoms with Crippen LogP contribution in [0.1, 0.15) is 95.2 Å². The molecule has 0 amide bonds. The fraction of sp³-hybridized carbons (Fsp3) is 0.548. The van der Waals surface area contributed by atoms with E-state index in [1.807, 2.05) is 6.07 Å². The lowest BCUT2D eigenvalue weighted by molar-refractivity contribution is -0.157. The first-order valence-corrected chi connectivity index (χ1v) is 13.3. The first-order chi connectivity index (χ1) is 16.5. The SMILES string of the molecule is CCCCCCC(C)(C)c1ccc(C2=CCCCC3(C2)OCCO3)c(OCc2ccccc2)c1. The standard InChI is InChI=1S/C31H42O3/c1-4-5-6-11-18-30(2,3)27-16-17-28(29(22-27)32-24-25-13-8-7-9-14-25)26-15-10-12-19-31(23-26)33-20-21-34-31/h7-9,13-17,22H,4-6,10-12,18-21,23-24H2,1-3H3. The smallest absolute Gasteiger partial charge is 0.172 e. The number of unbranched alkanes of at least 4 members (excludes halogenated alkanes) is 3. The molecule has 0 N–H and O–H groups in total. The highest BCUT2D eigenvalue weighted by Gasteiger charge is 2.38. The van der Waals surface area contributed by atoms with E-state index in [1.54, 1.807) is 0 Å². The molecule has 1 aliphatic carbocycles. The summed E-state index contributed by atoms with van der Waals surface area (Å²) in [7, 11) is 0. The second-order valence-corrected chi connectivity index (χ2v) is 10.6. The van der Waals surface area contributed by atoms with Crippen LogP contribution in [-0.4, -0.2) is 19.0 Å². The molecule has 0 radical (unpaired) electrons. The van der Waals surface area contributed by atoms with Gasteiger partial charge in [0.15, 0.2) is 5.79 Å². The van der Waals surface area contributed by atoms with Crippen LogP contribution in [0.15, 0.2) is 54.6 Å². The summed E-state index contributed by atoms with van der Waals surface area (Å²) in [5, 5.41) is 0. The summed E-state index contributed by atoms with van der Waals surface area (Å²) in [6, 6.07) is 17.3. The minimum atomic E-state index is -0.462. The molecule has 3 heteroatoms. The van der Waals surface area contributed by atoms with Crippen molar-refractivity contribution in [3.05, 3.63) is 71.3 Å². The Morgan fingerprint density at radius 1 is 0.971 bits per heavy atom. The molecule has 34 heavy (non-hydrogen) atoms. The summed E-state index contributed by atoms with van der Waals surface area (Å²) in [5.41, 5.74) is 5.13. The van der Waals surface area contributed by atoms with Crippen molar-refractivity contribution in [1.82, 2.24) is 0 Å². The van der Waals surface area contributed by atoms with Gasteiger partial charge in [-0.05, 0) is 47.4 Å². The van der Waals surface area contributed by atoms with Gasteiger partial charge in [0.1, 0.15) is 12.4 Å². The maximum atomic E-state index is 6.52. The average Bonchev–Trinajstić information content (AvgIpc) is 3.20. The molecule has 4 rings (SSSR count). The van der Waals surface area contributed by atoms with E-state index in [0.717, 1.165) is 31.4 Å². The Labute approximate surface area is 206 Å². The lowest BCUT2D eigenvalue weighted by Crippen LogP contribution is -2.29. The van der Waals surface area contributed by atoms with Crippen molar-refractivity contribution < 1.29 is 14.2 Å². The van der Waals surface area contributed by atoms with Crippen LogP contribution in [0.2, 0.25) is 0 Å². The lowest BCUT2D eigenvalue weighted by Gasteiger charge is -2.29. The molecule has 3 nitrogen and oxygen atoms in total. The fourth-order valence-electron chi connectivity index (χ4n) is 5.25. The normalized spacial score (nSPS) is 18.0. The monoisotopic (exact) mass is 462 g/mol. The van der Waals surface area contributed by atoms with Crippen molar-refractivity contribution in [2.75, 3.05) is 13.2 Å². The van der Waals surface area contributed by atoms with Crippen LogP contribution < -0.4 is 4.74 Å². The molecular formula is C31H42O3. The van der Waals surface area contributed by atoms with Crippen molar-refractivity contribution >= 4 is 5.57 Å². The van der Waals surface area contributed by atoms with Crippen LogP contribution in [-0.2, 0) is 21.5 Å². The third-order valence-corrected chi connectivity index (χ3v) is 7.43. The zero-order chi connectivity index (χ0) is 23.9. The van der Waals surface area contributed by atoms with Crippen LogP contribution in [0, 0.1) is 0 Å². The van der Waals surface area contributed by atoms with Gasteiger partial charge in [-0.2, -0.15) is 0 Å². The predicted octanol–water partition coefficient (Wildman–Crippen LogP) is 8.21. The predicted molar refractivity (Wildman–Crippen MR) is 140 cm³/mol. The Bertz CT molecular complexity index is 938. The molecule has 1 fully saturated rings. The van der Waals surface area contributed by atoms with Crippen molar-refractivity contribution in [3.63, 3.8) is 0 Å². The molecule has 2 aromatic carbocycles. The molecule has 1 saturated heterocycles. The summed E-state index contributed by atoms with van der Waals surface area (Å²) in [6.07, 6.45) is 12.6. The van der Waals surface area contributed by atoms with Crippen molar-refractivity contribution in [1.29, 1.82) is 0 Å². The molecule has 184 valence electrons. The van der Waals surface area contributed by atoms with E-state index in [1.165, 1.54) is 54.4 Å². The summed E-state index contributed by atoms with van der Waals surface area (Å²) in [5.74, 6) is 0.514. The van der Waals surface area contributed by atoms with Crippen molar-refractivity contribution in [2.24, 2.45) is 0 Å². The Morgan fingerprint density at radius 3 is 2.53 bits per heavy atom. The molecule has 1 heterocycles. The zero-order valence-electron chi connectivity index (χ0n) is 21.4. The van der Waals surface area contributed by atoms with Gasteiger partial charge in [-0.1, -0.05) is 95.0 Å².